The van der Waals surface area contributed by atoms with Gasteiger partial charge >= 0.3 is 0 Å². The van der Waals surface area contributed by atoms with Gasteiger partial charge in [-0.15, -0.1) is 21.5 Å². The highest BCUT2D eigenvalue weighted by atomic mass is 32.2. The number of hydrogen-bond acceptors (Lipinski definition) is 6. The van der Waals surface area contributed by atoms with Crippen LogP contribution in [0.1, 0.15) is 6.92 Å². The Bertz CT molecular complexity index is 786. The van der Waals surface area contributed by atoms with Crippen LogP contribution in [0, 0.1) is 0 Å². The van der Waals surface area contributed by atoms with Crippen molar-refractivity contribution in [2.75, 3.05) is 11.2 Å². The van der Waals surface area contributed by atoms with Gasteiger partial charge in [-0.3, -0.25) is 4.79 Å². The number of anilines is 1. The highest BCUT2D eigenvalue weighted by molar-refractivity contribution is 8.00. The lowest BCUT2D eigenvalue weighted by Crippen LogP contribution is -2.23. The average Bonchev–Trinajstić information content (AvgIpc) is 3.19. The van der Waals surface area contributed by atoms with Crippen molar-refractivity contribution < 1.29 is 4.79 Å². The summed E-state index contributed by atoms with van der Waals surface area (Å²) in [5.41, 5.74) is 0.762. The molecule has 0 spiro atoms. The molecule has 0 unspecified atom stereocenters. The fourth-order valence-electron chi connectivity index (χ4n) is 1.91. The number of nitrogens with zero attached hydrogens (tertiary/aromatic N) is 3. The number of hydrogen-bond donors (Lipinski definition) is 2. The van der Waals surface area contributed by atoms with Gasteiger partial charge < -0.3 is 11.2 Å². The average molecular weight is 345 g/mol. The fraction of sp³-hybridized carbons (Fsp3) is 0.133. The number of aromatic nitrogens is 3. The lowest BCUT2D eigenvalue weighted by Gasteiger charge is -2.11. The molecule has 1 aromatic carbocycles. The molecule has 0 radical (unpaired) electrons. The predicted molar refractivity (Wildman–Crippen MR) is 93.9 cm³/mol. The van der Waals surface area contributed by atoms with E-state index < -0.39 is 0 Å². The van der Waals surface area contributed by atoms with E-state index in [1.165, 1.54) is 27.8 Å². The van der Waals surface area contributed by atoms with Gasteiger partial charge in [0.25, 0.3) is 0 Å². The standard InChI is InChI=1S/C15H15N5OS2/c1-10(14(21)17-11-6-3-2-4-7-11)23-15-19-18-13(20(15)16)12-8-5-9-22-12/h2-10H,16H2,1H3,(H,17,21)/t10-/m0/s1. The number of thiophene rings is 1. The molecule has 0 saturated carbocycles. The molecule has 0 bridgehead atoms. The van der Waals surface area contributed by atoms with Crippen molar-refractivity contribution in [1.29, 1.82) is 0 Å². The first-order valence-electron chi connectivity index (χ1n) is 6.92. The highest BCUT2D eigenvalue weighted by Gasteiger charge is 2.20. The molecule has 6 nitrogen and oxygen atoms in total. The number of para-hydroxylation sites is 1. The fourth-order valence-corrected chi connectivity index (χ4v) is 3.38. The summed E-state index contributed by atoms with van der Waals surface area (Å²) in [6, 6.07) is 13.2. The lowest BCUT2D eigenvalue weighted by atomic mass is 10.3. The van der Waals surface area contributed by atoms with Gasteiger partial charge in [-0.2, -0.15) is 0 Å². The van der Waals surface area contributed by atoms with Crippen LogP contribution in [0.3, 0.4) is 0 Å². The maximum absolute atomic E-state index is 12.2. The Morgan fingerprint density at radius 2 is 2.04 bits per heavy atom. The molecule has 0 saturated heterocycles. The molecule has 8 heteroatoms. The van der Waals surface area contributed by atoms with Crippen molar-refractivity contribution in [3.05, 3.63) is 47.8 Å². The van der Waals surface area contributed by atoms with Crippen LogP contribution in [0.15, 0.2) is 53.0 Å². The zero-order valence-electron chi connectivity index (χ0n) is 12.3. The molecule has 0 aliphatic carbocycles. The lowest BCUT2D eigenvalue weighted by molar-refractivity contribution is -0.115. The quantitative estimate of drug-likeness (QED) is 0.548. The molecule has 23 heavy (non-hydrogen) atoms. The monoisotopic (exact) mass is 345 g/mol. The van der Waals surface area contributed by atoms with Crippen LogP contribution >= 0.6 is 23.1 Å². The van der Waals surface area contributed by atoms with Crippen molar-refractivity contribution in [3.8, 4) is 10.7 Å². The second-order valence-electron chi connectivity index (χ2n) is 4.77. The summed E-state index contributed by atoms with van der Waals surface area (Å²) in [7, 11) is 0. The molecule has 1 amide bonds. The van der Waals surface area contributed by atoms with Crippen LogP contribution in [0.25, 0.3) is 10.7 Å². The van der Waals surface area contributed by atoms with Gasteiger partial charge in [0.05, 0.1) is 10.1 Å². The predicted octanol–water partition coefficient (Wildman–Crippen LogP) is 2.84. The Morgan fingerprint density at radius 1 is 1.26 bits per heavy atom. The highest BCUT2D eigenvalue weighted by Crippen LogP contribution is 2.27. The molecular weight excluding hydrogens is 330 g/mol. The summed E-state index contributed by atoms with van der Waals surface area (Å²) in [6.45, 7) is 1.81. The number of benzene rings is 1. The Labute approximate surface area is 141 Å². The van der Waals surface area contributed by atoms with Gasteiger partial charge in [0.15, 0.2) is 5.82 Å². The Kier molecular flexibility index (Phi) is 4.63. The van der Waals surface area contributed by atoms with E-state index in [4.69, 9.17) is 5.84 Å². The van der Waals surface area contributed by atoms with E-state index in [-0.39, 0.29) is 11.2 Å². The smallest absolute Gasteiger partial charge is 0.237 e. The number of nitrogen functional groups attached to an aromatic ring is 1. The number of thioether (sulfide) groups is 1. The number of nitrogens with two attached hydrogens (primary N) is 1. The molecule has 3 rings (SSSR count). The third kappa shape index (κ3) is 3.54. The number of amides is 1. The maximum atomic E-state index is 12.2. The van der Waals surface area contributed by atoms with Crippen molar-refractivity contribution in [3.63, 3.8) is 0 Å². The summed E-state index contributed by atoms with van der Waals surface area (Å²) in [4.78, 5) is 13.2. The van der Waals surface area contributed by atoms with Gasteiger partial charge in [-0.05, 0) is 30.5 Å². The van der Waals surface area contributed by atoms with Gasteiger partial charge in [-0.1, -0.05) is 36.0 Å². The van der Waals surface area contributed by atoms with E-state index in [0.29, 0.717) is 11.0 Å². The zero-order chi connectivity index (χ0) is 16.2. The summed E-state index contributed by atoms with van der Waals surface area (Å²) in [5.74, 6) is 6.53. The van der Waals surface area contributed by atoms with Crippen molar-refractivity contribution in [2.45, 2.75) is 17.3 Å². The first-order valence-corrected chi connectivity index (χ1v) is 8.68. The molecule has 3 aromatic rings. The van der Waals surface area contributed by atoms with Crippen LogP contribution in [-0.2, 0) is 4.79 Å². The third-order valence-electron chi connectivity index (χ3n) is 3.10. The van der Waals surface area contributed by atoms with Gasteiger partial charge in [0, 0.05) is 5.69 Å². The molecule has 0 aliphatic rings. The second kappa shape index (κ2) is 6.84. The van der Waals surface area contributed by atoms with Gasteiger partial charge in [-0.25, -0.2) is 4.68 Å². The Morgan fingerprint density at radius 3 is 2.74 bits per heavy atom. The number of carbonyl (C=O) groups is 1. The van der Waals surface area contributed by atoms with Gasteiger partial charge in [0.1, 0.15) is 0 Å². The Balaban J connectivity index is 1.68. The normalized spacial score (nSPS) is 12.0. The molecule has 0 fully saturated rings. The topological polar surface area (TPSA) is 85.8 Å². The van der Waals surface area contributed by atoms with E-state index >= 15 is 0 Å². The van der Waals surface area contributed by atoms with Crippen molar-refractivity contribution >= 4 is 34.7 Å². The van der Waals surface area contributed by atoms with Crippen LogP contribution in [0.2, 0.25) is 0 Å². The minimum Gasteiger partial charge on any atom is -0.335 e. The minimum atomic E-state index is -0.349. The van der Waals surface area contributed by atoms with Crippen molar-refractivity contribution in [2.24, 2.45) is 0 Å². The molecule has 118 valence electrons. The van der Waals surface area contributed by atoms with E-state index in [1.54, 1.807) is 0 Å². The summed E-state index contributed by atoms with van der Waals surface area (Å²) >= 11 is 2.81. The minimum absolute atomic E-state index is 0.109. The summed E-state index contributed by atoms with van der Waals surface area (Å²) in [6.07, 6.45) is 0. The molecular formula is C15H15N5OS2. The molecule has 3 N–H and O–H groups in total. The maximum Gasteiger partial charge on any atom is 0.237 e. The molecule has 1 atom stereocenters. The van der Waals surface area contributed by atoms with Crippen molar-refractivity contribution in [1.82, 2.24) is 14.9 Å². The van der Waals surface area contributed by atoms with Crippen LogP contribution in [-0.4, -0.2) is 26.0 Å². The molecule has 2 heterocycles. The van der Waals surface area contributed by atoms with E-state index in [2.05, 4.69) is 15.5 Å². The molecule has 0 aliphatic heterocycles. The largest absolute Gasteiger partial charge is 0.335 e. The number of rotatable bonds is 5. The SMILES string of the molecule is C[C@H](Sc1nnc(-c2cccs2)n1N)C(=O)Nc1ccccc1. The van der Waals surface area contributed by atoms with E-state index in [0.717, 1.165) is 10.6 Å². The summed E-state index contributed by atoms with van der Waals surface area (Å²) < 4.78 is 1.42. The Hall–Kier alpha value is -2.32. The first-order chi connectivity index (χ1) is 11.1. The third-order valence-corrected chi connectivity index (χ3v) is 5.02. The van der Waals surface area contributed by atoms with Crippen LogP contribution < -0.4 is 11.2 Å². The van der Waals surface area contributed by atoms with Gasteiger partial charge in [0.2, 0.25) is 11.1 Å². The molecule has 2 aromatic heterocycles. The van der Waals surface area contributed by atoms with E-state index in [1.807, 2.05) is 54.8 Å². The van der Waals surface area contributed by atoms with Crippen LogP contribution in [0.4, 0.5) is 5.69 Å². The zero-order valence-corrected chi connectivity index (χ0v) is 14.0. The second-order valence-corrected chi connectivity index (χ2v) is 7.02. The summed E-state index contributed by atoms with van der Waals surface area (Å²) in [5, 5.41) is 13.1. The number of carbonyl (C=O) groups excluding carboxylic acids is 1. The van der Waals surface area contributed by atoms with Crippen LogP contribution in [0.5, 0.6) is 0 Å². The number of nitrogens with one attached hydrogen (secondary N) is 1. The van der Waals surface area contributed by atoms with E-state index in [9.17, 15) is 4.79 Å². The first kappa shape index (κ1) is 15.6.